The van der Waals surface area contributed by atoms with E-state index < -0.39 is 138 Å². The third-order valence-corrected chi connectivity index (χ3v) is 20.5. The molecule has 3 heterocycles. The number of nitrogens with two attached hydrogens (primary N) is 1. The maximum Gasteiger partial charge on any atom is 0.410 e. The lowest BCUT2D eigenvalue weighted by Gasteiger charge is -2.41. The number of carbonyl (C=O) groups excluding carboxylic acids is 11. The average Bonchev–Trinajstić information content (AvgIpc) is 1.30. The third kappa shape index (κ3) is 21.3. The van der Waals surface area contributed by atoms with E-state index in [2.05, 4.69) is 26.6 Å². The average molecular weight is 1440 g/mol. The van der Waals surface area contributed by atoms with Gasteiger partial charge in [-0.15, -0.1) is 0 Å². The fourth-order valence-electron chi connectivity index (χ4n) is 14.4. The summed E-state index contributed by atoms with van der Waals surface area (Å²) in [6.45, 7) is 15.2. The SMILES string of the molecule is CC[C@H](C)[C@@H]([C@@H](CC(=O)N1CCC[C@H]1[C@H](OC)[C@@H](C)C(=O)N[C@H](C)[C@@H](O)c1ccccc1)OC)N(C)C(=O)[C@@H](NC(=O)[C@H](C(C)C)N(C)C(=O)OCc1ccc(NC(=O)[C@H](CCCCN)NC(=O)[C@H](Cc2cccc3ccccc23)NC(=O)C2CCCN2C(=O)CCN2C(=O)C=CC2=O)cc1)C(C)C. The smallest absolute Gasteiger partial charge is 0.410 e. The van der Waals surface area contributed by atoms with E-state index in [0.717, 1.165) is 33.4 Å². The van der Waals surface area contributed by atoms with E-state index in [1.54, 1.807) is 94.8 Å². The molecule has 0 spiro atoms. The molecular weight excluding hydrogens is 1330 g/mol. The van der Waals surface area contributed by atoms with Gasteiger partial charge in [0.2, 0.25) is 47.3 Å². The van der Waals surface area contributed by atoms with Crippen LogP contribution in [0.25, 0.3) is 10.8 Å². The number of likely N-dealkylation sites (tertiary alicyclic amines) is 2. The van der Waals surface area contributed by atoms with Crippen molar-refractivity contribution in [3.8, 4) is 0 Å². The molecule has 3 aliphatic rings. The summed E-state index contributed by atoms with van der Waals surface area (Å²) in [5.41, 5.74) is 8.18. The van der Waals surface area contributed by atoms with Crippen molar-refractivity contribution in [3.05, 3.63) is 126 Å². The van der Waals surface area contributed by atoms with Gasteiger partial charge >= 0.3 is 6.09 Å². The van der Waals surface area contributed by atoms with E-state index >= 15 is 0 Å². The number of aliphatic hydroxyl groups excluding tert-OH is 1. The largest absolute Gasteiger partial charge is 0.445 e. The van der Waals surface area contributed by atoms with Gasteiger partial charge in [0.1, 0.15) is 36.8 Å². The molecule has 13 atom stereocenters. The first kappa shape index (κ1) is 82.2. The normalized spacial score (nSPS) is 18.4. The van der Waals surface area contributed by atoms with Gasteiger partial charge in [0.15, 0.2) is 0 Å². The monoisotopic (exact) mass is 1440 g/mol. The summed E-state index contributed by atoms with van der Waals surface area (Å²) in [5, 5.41) is 27.4. The standard InChI is InChI=1S/C78H109N11O15/c1-13-49(6)69(62(102-11)45-66(93)87-41-22-31-60(87)71(103-12)50(7)72(95)80-51(8)70(94)54-25-15-14-16-26-54)85(9)77(100)67(47(2)3)84-76(99)68(48(4)5)86(10)78(101)104-46-52-33-35-56(36-34-52)81-73(96)58(30-19-20-40-79)82-74(97)59(44-55-28-21-27-53-24-17-18-29-57(53)55)83-75(98)61-32-23-42-88(61)65(92)39-43-89-63(90)37-38-64(89)91/h14-18,21,24-29,33-38,47-51,58-62,67-71,94H,13,19-20,22-23,30-32,39-46,79H2,1-12H3,(H,80,95)(H,81,96)(H,82,97)(H,83,98)(H,84,99)/t49-,50+,51+,58-,59-,60-,61?,62+,67-,68-,69-,70+,71+/m0/s1. The van der Waals surface area contributed by atoms with Crippen LogP contribution in [0, 0.1) is 23.7 Å². The molecule has 4 aromatic rings. The molecule has 26 heteroatoms. The Morgan fingerprint density at radius 2 is 1.33 bits per heavy atom. The van der Waals surface area contributed by atoms with Crippen LogP contribution in [0.5, 0.6) is 0 Å². The van der Waals surface area contributed by atoms with Crippen LogP contribution in [0.4, 0.5) is 10.5 Å². The molecule has 0 aliphatic carbocycles. The molecule has 3 aliphatic heterocycles. The minimum absolute atomic E-state index is 0.0329. The lowest BCUT2D eigenvalue weighted by Crippen LogP contribution is -2.60. The van der Waals surface area contributed by atoms with Gasteiger partial charge in [-0.1, -0.05) is 140 Å². The van der Waals surface area contributed by atoms with Crippen LogP contribution in [0.15, 0.2) is 109 Å². The lowest BCUT2D eigenvalue weighted by molar-refractivity contribution is -0.148. The Labute approximate surface area is 611 Å². The summed E-state index contributed by atoms with van der Waals surface area (Å²) in [4.78, 5) is 160. The first-order chi connectivity index (χ1) is 49.6. The van der Waals surface area contributed by atoms with E-state index in [-0.39, 0.29) is 63.1 Å². The number of methoxy groups -OCH3 is 2. The number of imide groups is 1. The summed E-state index contributed by atoms with van der Waals surface area (Å²) < 4.78 is 17.9. The van der Waals surface area contributed by atoms with E-state index in [1.165, 1.54) is 31.1 Å². The van der Waals surface area contributed by atoms with Gasteiger partial charge in [0, 0.05) is 78.6 Å². The minimum atomic E-state index is -1.21. The van der Waals surface area contributed by atoms with Crippen LogP contribution >= 0.6 is 0 Å². The van der Waals surface area contributed by atoms with Crippen molar-refractivity contribution in [2.24, 2.45) is 29.4 Å². The maximum absolute atomic E-state index is 14.9. The molecule has 2 saturated heterocycles. The van der Waals surface area contributed by atoms with Gasteiger partial charge in [-0.05, 0) is 116 Å². The van der Waals surface area contributed by atoms with Crippen molar-refractivity contribution in [3.63, 3.8) is 0 Å². The van der Waals surface area contributed by atoms with E-state index in [0.29, 0.717) is 74.8 Å². The van der Waals surface area contributed by atoms with Crippen LogP contribution in [0.2, 0.25) is 0 Å². The summed E-state index contributed by atoms with van der Waals surface area (Å²) in [6.07, 6.45) is 2.73. The fourth-order valence-corrected chi connectivity index (χ4v) is 14.4. The summed E-state index contributed by atoms with van der Waals surface area (Å²) in [6, 6.07) is 21.7. The number of hydrogen-bond acceptors (Lipinski definition) is 16. The number of anilines is 1. The topological polar surface area (TPSA) is 338 Å². The molecule has 0 saturated carbocycles. The zero-order chi connectivity index (χ0) is 76.1. The molecule has 11 amide bonds. The Morgan fingerprint density at radius 1 is 0.673 bits per heavy atom. The van der Waals surface area contributed by atoms with Gasteiger partial charge in [-0.25, -0.2) is 4.79 Å². The molecule has 0 aromatic heterocycles. The van der Waals surface area contributed by atoms with Crippen LogP contribution < -0.4 is 32.3 Å². The number of rotatable bonds is 37. The van der Waals surface area contributed by atoms with Crippen LogP contribution in [0.3, 0.4) is 0 Å². The van der Waals surface area contributed by atoms with Crippen molar-refractivity contribution in [2.45, 2.75) is 199 Å². The molecule has 566 valence electrons. The molecule has 1 unspecified atom stereocenters. The van der Waals surface area contributed by atoms with E-state index in [9.17, 15) is 57.8 Å². The Kier molecular flexibility index (Phi) is 30.9. The molecule has 0 radical (unpaired) electrons. The highest BCUT2D eigenvalue weighted by molar-refractivity contribution is 6.13. The number of aliphatic hydroxyl groups is 1. The van der Waals surface area contributed by atoms with Gasteiger partial charge in [-0.3, -0.25) is 57.7 Å². The lowest BCUT2D eigenvalue weighted by atomic mass is 9.89. The Hall–Kier alpha value is -9.11. The second-order valence-electron chi connectivity index (χ2n) is 28.4. The van der Waals surface area contributed by atoms with Crippen LogP contribution in [0.1, 0.15) is 142 Å². The highest BCUT2D eigenvalue weighted by atomic mass is 16.6. The molecule has 8 N–H and O–H groups in total. The maximum atomic E-state index is 14.9. The summed E-state index contributed by atoms with van der Waals surface area (Å²) in [7, 11) is 6.10. The van der Waals surface area contributed by atoms with E-state index in [4.69, 9.17) is 19.9 Å². The van der Waals surface area contributed by atoms with Gasteiger partial charge < -0.3 is 66.3 Å². The number of unbranched alkanes of at least 4 members (excludes halogenated alkanes) is 1. The highest BCUT2D eigenvalue weighted by Gasteiger charge is 2.45. The number of ether oxygens (including phenoxy) is 3. The quantitative estimate of drug-likeness (QED) is 0.0192. The number of hydrogen-bond donors (Lipinski definition) is 7. The zero-order valence-electron chi connectivity index (χ0n) is 62.3. The molecule has 0 bridgehead atoms. The Bertz CT molecular complexity index is 3630. The number of carbonyl (C=O) groups is 11. The summed E-state index contributed by atoms with van der Waals surface area (Å²) >= 11 is 0. The third-order valence-electron chi connectivity index (χ3n) is 20.5. The minimum Gasteiger partial charge on any atom is -0.445 e. The second kappa shape index (κ2) is 39.1. The predicted octanol–water partition coefficient (Wildman–Crippen LogP) is 6.32. The zero-order valence-corrected chi connectivity index (χ0v) is 62.3. The second-order valence-corrected chi connectivity index (χ2v) is 28.4. The van der Waals surface area contributed by atoms with Crippen molar-refractivity contribution < 1.29 is 72.1 Å². The predicted molar refractivity (Wildman–Crippen MR) is 393 cm³/mol. The number of fused-ring (bicyclic) bond motifs is 1. The molecule has 104 heavy (non-hydrogen) atoms. The number of likely N-dealkylation sites (N-methyl/N-ethyl adjacent to an activating group) is 2. The van der Waals surface area contributed by atoms with Gasteiger partial charge in [-0.2, -0.15) is 0 Å². The fraction of sp³-hybridized carbons (Fsp3) is 0.551. The van der Waals surface area contributed by atoms with Crippen molar-refractivity contribution in [1.82, 2.24) is 45.8 Å². The summed E-state index contributed by atoms with van der Waals surface area (Å²) in [5.74, 6) is -6.55. The Morgan fingerprint density at radius 3 is 1.97 bits per heavy atom. The molecule has 2 fully saturated rings. The van der Waals surface area contributed by atoms with Gasteiger partial charge in [0.05, 0.1) is 48.8 Å². The number of benzene rings is 4. The Balaban J connectivity index is 0.962. The molecule has 26 nitrogen and oxygen atoms in total. The molecular formula is C78H109N11O15. The van der Waals surface area contributed by atoms with E-state index in [1.807, 2.05) is 74.5 Å². The number of amides is 11. The van der Waals surface area contributed by atoms with Crippen molar-refractivity contribution in [2.75, 3.05) is 59.8 Å². The first-order valence-corrected chi connectivity index (χ1v) is 36.5. The highest BCUT2D eigenvalue weighted by Crippen LogP contribution is 2.31. The van der Waals surface area contributed by atoms with Crippen LogP contribution in [-0.4, -0.2) is 210 Å². The molecule has 7 rings (SSSR count). The van der Waals surface area contributed by atoms with Crippen molar-refractivity contribution in [1.29, 1.82) is 0 Å². The first-order valence-electron chi connectivity index (χ1n) is 36.5. The number of nitrogens with zero attached hydrogens (tertiary/aromatic N) is 5. The van der Waals surface area contributed by atoms with Gasteiger partial charge in [0.25, 0.3) is 11.8 Å². The van der Waals surface area contributed by atoms with Crippen molar-refractivity contribution >= 4 is 81.6 Å². The van der Waals surface area contributed by atoms with Crippen LogP contribution in [-0.2, 0) is 75.2 Å². The molecule has 4 aromatic carbocycles. The number of nitrogens with one attached hydrogen (secondary N) is 5.